The fourth-order valence-corrected chi connectivity index (χ4v) is 1.10. The molecule has 0 bridgehead atoms. The molecule has 15 heavy (non-hydrogen) atoms. The maximum absolute atomic E-state index is 13.0. The highest BCUT2D eigenvalue weighted by molar-refractivity contribution is 5.25. The van der Waals surface area contributed by atoms with Crippen molar-refractivity contribution in [3.05, 3.63) is 34.6 Å². The zero-order chi connectivity index (χ0) is 11.7. The Bertz CT molecular complexity index is 362. The van der Waals surface area contributed by atoms with Crippen LogP contribution in [0.4, 0.5) is 22.0 Å². The Hall–Kier alpha value is -1.17. The van der Waals surface area contributed by atoms with Gasteiger partial charge in [-0.2, -0.15) is 0 Å². The van der Waals surface area contributed by atoms with Crippen LogP contribution in [0.3, 0.4) is 0 Å². The fraction of sp³-hybridized carbons (Fsp3) is 0.333. The molecule has 0 fully saturated rings. The van der Waals surface area contributed by atoms with Gasteiger partial charge in [0, 0.05) is 7.11 Å². The van der Waals surface area contributed by atoms with Crippen LogP contribution in [0, 0.1) is 29.1 Å². The molecule has 0 amide bonds. The van der Waals surface area contributed by atoms with Gasteiger partial charge in [-0.1, -0.05) is 0 Å². The van der Waals surface area contributed by atoms with Gasteiger partial charge in [0.25, 0.3) is 0 Å². The number of benzene rings is 1. The zero-order valence-electron chi connectivity index (χ0n) is 7.88. The number of halogens is 5. The molecule has 0 unspecified atom stereocenters. The molecule has 1 atom stereocenters. The first kappa shape index (κ1) is 11.9. The second-order valence-electron chi connectivity index (χ2n) is 2.86. The zero-order valence-corrected chi connectivity index (χ0v) is 7.88. The molecule has 0 saturated carbocycles. The van der Waals surface area contributed by atoms with E-state index in [1.54, 1.807) is 0 Å². The summed E-state index contributed by atoms with van der Waals surface area (Å²) >= 11 is 0. The summed E-state index contributed by atoms with van der Waals surface area (Å²) in [5.41, 5.74) is -0.964. The van der Waals surface area contributed by atoms with Gasteiger partial charge in [0.05, 0.1) is 11.7 Å². The number of methoxy groups -OCH3 is 1. The number of hydrogen-bond donors (Lipinski definition) is 0. The topological polar surface area (TPSA) is 9.23 Å². The molecule has 0 spiro atoms. The molecule has 0 saturated heterocycles. The lowest BCUT2D eigenvalue weighted by Gasteiger charge is -2.13. The molecule has 0 aliphatic carbocycles. The minimum absolute atomic E-state index is 0.964. The lowest BCUT2D eigenvalue weighted by Crippen LogP contribution is -2.10. The average molecular weight is 226 g/mol. The first-order chi connectivity index (χ1) is 6.91. The van der Waals surface area contributed by atoms with Crippen LogP contribution < -0.4 is 0 Å². The van der Waals surface area contributed by atoms with Crippen LogP contribution in [0.5, 0.6) is 0 Å². The second-order valence-corrected chi connectivity index (χ2v) is 2.86. The van der Waals surface area contributed by atoms with Gasteiger partial charge in [-0.15, -0.1) is 0 Å². The molecular formula is C9H7F5O. The van der Waals surface area contributed by atoms with Crippen LogP contribution in [0.1, 0.15) is 18.6 Å². The summed E-state index contributed by atoms with van der Waals surface area (Å²) in [6.45, 7) is 1.18. The van der Waals surface area contributed by atoms with Crippen molar-refractivity contribution in [1.29, 1.82) is 0 Å². The average Bonchev–Trinajstić information content (AvgIpc) is 2.23. The first-order valence-electron chi connectivity index (χ1n) is 3.95. The monoisotopic (exact) mass is 226 g/mol. The van der Waals surface area contributed by atoms with Gasteiger partial charge in [-0.25, -0.2) is 22.0 Å². The van der Waals surface area contributed by atoms with Gasteiger partial charge >= 0.3 is 0 Å². The fourth-order valence-electron chi connectivity index (χ4n) is 1.10. The van der Waals surface area contributed by atoms with Crippen LogP contribution >= 0.6 is 0 Å². The lowest BCUT2D eigenvalue weighted by atomic mass is 10.1. The van der Waals surface area contributed by atoms with Crippen molar-refractivity contribution in [2.24, 2.45) is 0 Å². The minimum Gasteiger partial charge on any atom is -0.377 e. The van der Waals surface area contributed by atoms with E-state index < -0.39 is 40.8 Å². The molecule has 0 aliphatic rings. The van der Waals surface area contributed by atoms with E-state index in [1.807, 2.05) is 0 Å². The maximum atomic E-state index is 13.0. The van der Waals surface area contributed by atoms with Crippen LogP contribution in [-0.4, -0.2) is 7.11 Å². The molecule has 0 heterocycles. The standard InChI is InChI=1S/C9H7F5O/c1-3(15-2)4-5(10)7(12)9(14)8(13)6(4)11/h3H,1-2H3/t3-/m1/s1. The third-order valence-electron chi connectivity index (χ3n) is 2.00. The Morgan fingerprint density at radius 3 is 1.47 bits per heavy atom. The lowest BCUT2D eigenvalue weighted by molar-refractivity contribution is 0.110. The van der Waals surface area contributed by atoms with Crippen LogP contribution in [0.2, 0.25) is 0 Å². The minimum atomic E-state index is -2.17. The van der Waals surface area contributed by atoms with Crippen molar-refractivity contribution >= 4 is 0 Å². The van der Waals surface area contributed by atoms with E-state index in [-0.39, 0.29) is 0 Å². The molecule has 6 heteroatoms. The summed E-state index contributed by atoms with van der Waals surface area (Å²) in [6, 6.07) is 0. The van der Waals surface area contributed by atoms with Crippen LogP contribution in [0.15, 0.2) is 0 Å². The predicted molar refractivity (Wildman–Crippen MR) is 41.7 cm³/mol. The van der Waals surface area contributed by atoms with E-state index in [0.29, 0.717) is 0 Å². The predicted octanol–water partition coefficient (Wildman–Crippen LogP) is 3.09. The largest absolute Gasteiger partial charge is 0.377 e. The van der Waals surface area contributed by atoms with E-state index in [1.165, 1.54) is 6.92 Å². The van der Waals surface area contributed by atoms with Crippen LogP contribution in [0.25, 0.3) is 0 Å². The highest BCUT2D eigenvalue weighted by atomic mass is 19.2. The number of hydrogen-bond acceptors (Lipinski definition) is 1. The summed E-state index contributed by atoms with van der Waals surface area (Å²) in [4.78, 5) is 0. The Morgan fingerprint density at radius 1 is 0.800 bits per heavy atom. The Labute approximate surface area is 82.5 Å². The van der Waals surface area contributed by atoms with Crippen molar-refractivity contribution in [2.75, 3.05) is 7.11 Å². The normalized spacial score (nSPS) is 13.0. The second kappa shape index (κ2) is 4.14. The molecule has 84 valence electrons. The quantitative estimate of drug-likeness (QED) is 0.427. The molecule has 1 aromatic carbocycles. The van der Waals surface area contributed by atoms with Gasteiger partial charge in [0.15, 0.2) is 23.3 Å². The molecule has 1 rings (SSSR count). The van der Waals surface area contributed by atoms with E-state index in [4.69, 9.17) is 0 Å². The maximum Gasteiger partial charge on any atom is 0.200 e. The van der Waals surface area contributed by atoms with E-state index in [9.17, 15) is 22.0 Å². The first-order valence-corrected chi connectivity index (χ1v) is 3.95. The van der Waals surface area contributed by atoms with Gasteiger partial charge in [-0.05, 0) is 6.92 Å². The number of rotatable bonds is 2. The number of ether oxygens (including phenoxy) is 1. The highest BCUT2D eigenvalue weighted by Gasteiger charge is 2.28. The third kappa shape index (κ3) is 1.81. The highest BCUT2D eigenvalue weighted by Crippen LogP contribution is 2.28. The Balaban J connectivity index is 3.52. The van der Waals surface area contributed by atoms with Crippen molar-refractivity contribution in [2.45, 2.75) is 13.0 Å². The van der Waals surface area contributed by atoms with Crippen LogP contribution in [-0.2, 0) is 4.74 Å². The van der Waals surface area contributed by atoms with Gasteiger partial charge in [0.2, 0.25) is 5.82 Å². The molecule has 0 N–H and O–H groups in total. The van der Waals surface area contributed by atoms with Crippen molar-refractivity contribution in [3.8, 4) is 0 Å². The summed E-state index contributed by atoms with van der Waals surface area (Å²) < 4.78 is 68.6. The van der Waals surface area contributed by atoms with E-state index >= 15 is 0 Å². The van der Waals surface area contributed by atoms with E-state index in [2.05, 4.69) is 4.74 Å². The van der Waals surface area contributed by atoms with Gasteiger partial charge < -0.3 is 4.74 Å². The molecule has 0 radical (unpaired) electrons. The molecule has 1 aromatic rings. The van der Waals surface area contributed by atoms with Crippen molar-refractivity contribution < 1.29 is 26.7 Å². The van der Waals surface area contributed by atoms with Crippen molar-refractivity contribution in [3.63, 3.8) is 0 Å². The Kier molecular flexibility index (Phi) is 3.28. The molecule has 1 nitrogen and oxygen atoms in total. The smallest absolute Gasteiger partial charge is 0.200 e. The SMILES string of the molecule is CO[C@H](C)c1c(F)c(F)c(F)c(F)c1F. The van der Waals surface area contributed by atoms with E-state index in [0.717, 1.165) is 7.11 Å². The summed E-state index contributed by atoms with van der Waals surface area (Å²) in [5.74, 6) is -9.82. The Morgan fingerprint density at radius 2 is 1.13 bits per heavy atom. The summed E-state index contributed by atoms with van der Waals surface area (Å²) in [5, 5.41) is 0. The van der Waals surface area contributed by atoms with Gasteiger partial charge in [0.1, 0.15) is 0 Å². The third-order valence-corrected chi connectivity index (χ3v) is 2.00. The molecular weight excluding hydrogens is 219 g/mol. The molecule has 0 aliphatic heterocycles. The van der Waals surface area contributed by atoms with Gasteiger partial charge in [-0.3, -0.25) is 0 Å². The van der Waals surface area contributed by atoms with Crippen molar-refractivity contribution in [1.82, 2.24) is 0 Å². The summed E-state index contributed by atoms with van der Waals surface area (Å²) in [6.07, 6.45) is -1.21. The summed E-state index contributed by atoms with van der Waals surface area (Å²) in [7, 11) is 1.10. The molecule has 0 aromatic heterocycles.